The molecule has 0 saturated carbocycles. The second kappa shape index (κ2) is 8.23. The van der Waals surface area contributed by atoms with Crippen LogP contribution in [0.25, 0.3) is 0 Å². The van der Waals surface area contributed by atoms with Crippen molar-refractivity contribution in [1.29, 1.82) is 0 Å². The van der Waals surface area contributed by atoms with E-state index in [1.54, 1.807) is 19.2 Å². The molecule has 0 radical (unpaired) electrons. The summed E-state index contributed by atoms with van der Waals surface area (Å²) in [6.07, 6.45) is -5.83. The minimum Gasteiger partial charge on any atom is -0.497 e. The monoisotopic (exact) mass is 346 g/mol. The van der Waals surface area contributed by atoms with E-state index >= 15 is 0 Å². The highest BCUT2D eigenvalue weighted by Gasteiger charge is 2.34. The Labute approximate surface area is 138 Å². The van der Waals surface area contributed by atoms with Gasteiger partial charge in [0, 0.05) is 32.7 Å². The molecule has 0 atom stereocenters. The molecule has 24 heavy (non-hydrogen) atoms. The van der Waals surface area contributed by atoms with Crippen molar-refractivity contribution in [1.82, 2.24) is 9.80 Å². The highest BCUT2D eigenvalue weighted by atomic mass is 19.4. The third kappa shape index (κ3) is 5.92. The Morgan fingerprint density at radius 2 is 1.67 bits per heavy atom. The van der Waals surface area contributed by atoms with Crippen molar-refractivity contribution in [3.63, 3.8) is 0 Å². The molecule has 1 aliphatic rings. The van der Waals surface area contributed by atoms with E-state index in [2.05, 4.69) is 4.90 Å². The molecule has 0 N–H and O–H groups in total. The molecular weight excluding hydrogens is 325 g/mol. The number of rotatable bonds is 6. The lowest BCUT2D eigenvalue weighted by Gasteiger charge is -2.34. The average molecular weight is 346 g/mol. The molecule has 1 aromatic carbocycles. The second-order valence-electron chi connectivity index (χ2n) is 5.54. The molecule has 0 unspecified atom stereocenters. The van der Waals surface area contributed by atoms with Crippen LogP contribution in [0.3, 0.4) is 0 Å². The molecule has 1 fully saturated rings. The minimum absolute atomic E-state index is 0.317. The molecule has 2 rings (SSSR count). The number of hydrogen-bond acceptors (Lipinski definition) is 4. The maximum atomic E-state index is 12.2. The van der Waals surface area contributed by atoms with Crippen LogP contribution in [0.4, 0.5) is 13.2 Å². The summed E-state index contributed by atoms with van der Waals surface area (Å²) < 4.78 is 47.4. The van der Waals surface area contributed by atoms with Crippen LogP contribution >= 0.6 is 0 Å². The number of hydrogen-bond donors (Lipinski definition) is 0. The largest absolute Gasteiger partial charge is 0.497 e. The molecule has 1 aromatic rings. The van der Waals surface area contributed by atoms with E-state index in [0.717, 1.165) is 11.5 Å². The first-order valence-electron chi connectivity index (χ1n) is 7.71. The summed E-state index contributed by atoms with van der Waals surface area (Å²) in [5, 5.41) is 0. The average Bonchev–Trinajstić information content (AvgIpc) is 2.54. The summed E-state index contributed by atoms with van der Waals surface area (Å²) in [5.41, 5.74) is 0. The lowest BCUT2D eigenvalue weighted by molar-refractivity contribution is -0.162. The number of carbonyl (C=O) groups is 1. The first kappa shape index (κ1) is 18.4. The highest BCUT2D eigenvalue weighted by Crippen LogP contribution is 2.21. The van der Waals surface area contributed by atoms with Crippen LogP contribution in [-0.4, -0.2) is 68.3 Å². The van der Waals surface area contributed by atoms with Gasteiger partial charge < -0.3 is 14.4 Å². The van der Waals surface area contributed by atoms with E-state index in [1.165, 1.54) is 4.90 Å². The van der Waals surface area contributed by atoms with E-state index in [0.29, 0.717) is 39.3 Å². The number of nitrogens with zero attached hydrogens (tertiary/aromatic N) is 2. The first-order valence-corrected chi connectivity index (χ1v) is 7.71. The molecule has 134 valence electrons. The number of halogens is 3. The fourth-order valence-electron chi connectivity index (χ4n) is 2.47. The zero-order valence-corrected chi connectivity index (χ0v) is 13.5. The second-order valence-corrected chi connectivity index (χ2v) is 5.54. The summed E-state index contributed by atoms with van der Waals surface area (Å²) >= 11 is 0. The number of ether oxygens (including phenoxy) is 2. The smallest absolute Gasteiger partial charge is 0.397 e. The molecule has 0 bridgehead atoms. The Bertz CT molecular complexity index is 526. The van der Waals surface area contributed by atoms with Crippen LogP contribution < -0.4 is 9.47 Å². The van der Waals surface area contributed by atoms with Gasteiger partial charge in [-0.15, -0.1) is 0 Å². The quantitative estimate of drug-likeness (QED) is 0.792. The van der Waals surface area contributed by atoms with E-state index in [9.17, 15) is 18.0 Å². The van der Waals surface area contributed by atoms with Gasteiger partial charge in [0.1, 0.15) is 24.5 Å². The van der Waals surface area contributed by atoms with Gasteiger partial charge in [-0.2, -0.15) is 13.2 Å². The van der Waals surface area contributed by atoms with Gasteiger partial charge in [-0.3, -0.25) is 9.69 Å². The Hall–Kier alpha value is -1.96. The predicted octanol–water partition coefficient (Wildman–Crippen LogP) is 2.17. The summed E-state index contributed by atoms with van der Waals surface area (Å²) in [7, 11) is 1.59. The van der Waals surface area contributed by atoms with Gasteiger partial charge in [0.15, 0.2) is 0 Å². The normalized spacial score (nSPS) is 16.1. The minimum atomic E-state index is -4.44. The van der Waals surface area contributed by atoms with Gasteiger partial charge in [-0.1, -0.05) is 0 Å². The van der Waals surface area contributed by atoms with Crippen molar-refractivity contribution < 1.29 is 27.4 Å². The molecular formula is C16H21F3N2O3. The fraction of sp³-hybridized carbons (Fsp3) is 0.562. The lowest BCUT2D eigenvalue weighted by atomic mass is 10.2. The van der Waals surface area contributed by atoms with Gasteiger partial charge in [-0.05, 0) is 24.3 Å². The van der Waals surface area contributed by atoms with Gasteiger partial charge in [0.05, 0.1) is 7.11 Å². The predicted molar refractivity (Wildman–Crippen MR) is 82.2 cm³/mol. The lowest BCUT2D eigenvalue weighted by Crippen LogP contribution is -2.50. The third-order valence-corrected chi connectivity index (χ3v) is 3.81. The van der Waals surface area contributed by atoms with Gasteiger partial charge in [0.2, 0.25) is 5.91 Å². The van der Waals surface area contributed by atoms with Crippen molar-refractivity contribution in [2.75, 3.05) is 46.4 Å². The van der Waals surface area contributed by atoms with Crippen molar-refractivity contribution in [2.45, 2.75) is 12.6 Å². The zero-order valence-electron chi connectivity index (χ0n) is 13.5. The topological polar surface area (TPSA) is 42.0 Å². The van der Waals surface area contributed by atoms with E-state index < -0.39 is 18.5 Å². The SMILES string of the molecule is COc1ccc(OCCN2CCN(C(=O)CC(F)(F)F)CC2)cc1. The van der Waals surface area contributed by atoms with Gasteiger partial charge >= 0.3 is 6.18 Å². The Morgan fingerprint density at radius 3 is 2.21 bits per heavy atom. The van der Waals surface area contributed by atoms with Crippen LogP contribution in [0.5, 0.6) is 11.5 Å². The molecule has 1 heterocycles. The fourth-order valence-corrected chi connectivity index (χ4v) is 2.47. The number of methoxy groups -OCH3 is 1. The van der Waals surface area contributed by atoms with Gasteiger partial charge in [-0.25, -0.2) is 0 Å². The van der Waals surface area contributed by atoms with Gasteiger partial charge in [0.25, 0.3) is 0 Å². The zero-order chi connectivity index (χ0) is 17.6. The number of carbonyl (C=O) groups excluding carboxylic acids is 1. The molecule has 8 heteroatoms. The van der Waals surface area contributed by atoms with Crippen molar-refractivity contribution in [2.24, 2.45) is 0 Å². The van der Waals surface area contributed by atoms with Crippen molar-refractivity contribution >= 4 is 5.91 Å². The first-order chi connectivity index (χ1) is 11.4. The third-order valence-electron chi connectivity index (χ3n) is 3.81. The molecule has 1 amide bonds. The number of amides is 1. The van der Waals surface area contributed by atoms with Crippen LogP contribution in [-0.2, 0) is 4.79 Å². The standard InChI is InChI=1S/C16H21F3N2O3/c1-23-13-2-4-14(5-3-13)24-11-10-20-6-8-21(9-7-20)15(22)12-16(17,18)19/h2-5H,6-12H2,1H3. The number of piperazine rings is 1. The number of benzene rings is 1. The summed E-state index contributed by atoms with van der Waals surface area (Å²) in [6, 6.07) is 7.24. The highest BCUT2D eigenvalue weighted by molar-refractivity contribution is 5.76. The summed E-state index contributed by atoms with van der Waals surface area (Å²) in [6.45, 7) is 2.87. The molecule has 0 aliphatic carbocycles. The van der Waals surface area contributed by atoms with Crippen LogP contribution in [0.1, 0.15) is 6.42 Å². The molecule has 0 spiro atoms. The Kier molecular flexibility index (Phi) is 6.30. The number of alkyl halides is 3. The van der Waals surface area contributed by atoms with Crippen molar-refractivity contribution in [3.8, 4) is 11.5 Å². The molecule has 1 saturated heterocycles. The summed E-state index contributed by atoms with van der Waals surface area (Å²) in [5.74, 6) is 0.633. The molecule has 0 aromatic heterocycles. The van der Waals surface area contributed by atoms with Crippen LogP contribution in [0, 0.1) is 0 Å². The van der Waals surface area contributed by atoms with E-state index in [4.69, 9.17) is 9.47 Å². The maximum Gasteiger partial charge on any atom is 0.397 e. The van der Waals surface area contributed by atoms with Crippen LogP contribution in [0.2, 0.25) is 0 Å². The van der Waals surface area contributed by atoms with E-state index in [-0.39, 0.29) is 0 Å². The Balaban J connectivity index is 1.66. The molecule has 5 nitrogen and oxygen atoms in total. The maximum absolute atomic E-state index is 12.2. The molecule has 1 aliphatic heterocycles. The van der Waals surface area contributed by atoms with Crippen molar-refractivity contribution in [3.05, 3.63) is 24.3 Å². The Morgan fingerprint density at radius 1 is 1.08 bits per heavy atom. The van der Waals surface area contributed by atoms with Crippen LogP contribution in [0.15, 0.2) is 24.3 Å². The van der Waals surface area contributed by atoms with E-state index in [1.807, 2.05) is 12.1 Å². The summed E-state index contributed by atoms with van der Waals surface area (Å²) in [4.78, 5) is 14.9.